The highest BCUT2D eigenvalue weighted by Gasteiger charge is 2.32. The van der Waals surface area contributed by atoms with Gasteiger partial charge in [-0.2, -0.15) is 0 Å². The highest BCUT2D eigenvalue weighted by atomic mass is 16.2. The van der Waals surface area contributed by atoms with Gasteiger partial charge in [0.25, 0.3) is 5.91 Å². The van der Waals surface area contributed by atoms with E-state index < -0.39 is 11.5 Å². The van der Waals surface area contributed by atoms with E-state index in [-0.39, 0.29) is 29.7 Å². The number of aryl methyl sites for hydroxylation is 1. The molecule has 1 aromatic carbocycles. The molecule has 1 aliphatic heterocycles. The summed E-state index contributed by atoms with van der Waals surface area (Å²) in [5, 5.41) is 5.97. The molecular weight excluding hydrogens is 366 g/mol. The minimum Gasteiger partial charge on any atom is -0.351 e. The third-order valence-corrected chi connectivity index (χ3v) is 5.40. The number of nitrogens with zero attached hydrogens (tertiary/aromatic N) is 1. The summed E-state index contributed by atoms with van der Waals surface area (Å²) in [6, 6.07) is 6.77. The second-order valence-electron chi connectivity index (χ2n) is 9.34. The molecule has 1 aromatic rings. The summed E-state index contributed by atoms with van der Waals surface area (Å²) in [5.74, 6) is -0.288. The summed E-state index contributed by atoms with van der Waals surface area (Å²) in [5.41, 5.74) is 1.07. The Morgan fingerprint density at radius 2 is 1.66 bits per heavy atom. The molecule has 29 heavy (non-hydrogen) atoms. The van der Waals surface area contributed by atoms with Crippen LogP contribution in [0.4, 0.5) is 0 Å². The number of piperidine rings is 1. The Balaban J connectivity index is 1.94. The minimum atomic E-state index is -0.601. The predicted molar refractivity (Wildman–Crippen MR) is 114 cm³/mol. The average Bonchev–Trinajstić information content (AvgIpc) is 2.65. The van der Waals surface area contributed by atoms with E-state index in [4.69, 9.17) is 0 Å². The number of nitrogens with one attached hydrogen (secondary N) is 2. The van der Waals surface area contributed by atoms with E-state index in [2.05, 4.69) is 10.6 Å². The van der Waals surface area contributed by atoms with E-state index in [1.54, 1.807) is 6.07 Å². The maximum absolute atomic E-state index is 12.9. The quantitative estimate of drug-likeness (QED) is 0.796. The molecule has 3 amide bonds. The zero-order valence-electron chi connectivity index (χ0n) is 18.5. The van der Waals surface area contributed by atoms with Crippen LogP contribution in [0.25, 0.3) is 0 Å². The lowest BCUT2D eigenvalue weighted by molar-refractivity contribution is -0.140. The fourth-order valence-electron chi connectivity index (χ4n) is 3.57. The first-order chi connectivity index (χ1) is 13.5. The van der Waals surface area contributed by atoms with Crippen molar-refractivity contribution in [3.8, 4) is 0 Å². The smallest absolute Gasteiger partial charge is 0.252 e. The third-order valence-electron chi connectivity index (χ3n) is 5.40. The molecule has 0 aliphatic carbocycles. The van der Waals surface area contributed by atoms with Crippen LogP contribution in [0.3, 0.4) is 0 Å². The summed E-state index contributed by atoms with van der Waals surface area (Å²) in [7, 11) is 0. The molecule has 1 fully saturated rings. The largest absolute Gasteiger partial charge is 0.351 e. The lowest BCUT2D eigenvalue weighted by atomic mass is 9.92. The van der Waals surface area contributed by atoms with Crippen LogP contribution in [0.1, 0.15) is 63.4 Å². The maximum atomic E-state index is 12.9. The first-order valence-corrected chi connectivity index (χ1v) is 10.5. The summed E-state index contributed by atoms with van der Waals surface area (Å²) < 4.78 is 0. The van der Waals surface area contributed by atoms with Gasteiger partial charge in [-0.3, -0.25) is 14.4 Å². The monoisotopic (exact) mass is 401 g/mol. The van der Waals surface area contributed by atoms with Crippen LogP contribution in [0.5, 0.6) is 0 Å². The molecule has 0 aromatic heterocycles. The molecular formula is C23H35N3O3. The number of hydrogen-bond donors (Lipinski definition) is 2. The average molecular weight is 402 g/mol. The van der Waals surface area contributed by atoms with Gasteiger partial charge >= 0.3 is 0 Å². The van der Waals surface area contributed by atoms with Gasteiger partial charge in [0.05, 0.1) is 0 Å². The Hall–Kier alpha value is -2.37. The summed E-state index contributed by atoms with van der Waals surface area (Å²) in [6.45, 7) is 12.8. The Morgan fingerprint density at radius 3 is 2.17 bits per heavy atom. The number of benzene rings is 1. The van der Waals surface area contributed by atoms with Crippen molar-refractivity contribution in [3.63, 3.8) is 0 Å². The number of likely N-dealkylation sites (tertiary alicyclic amines) is 1. The van der Waals surface area contributed by atoms with Gasteiger partial charge in [-0.05, 0) is 37.3 Å². The molecule has 160 valence electrons. The van der Waals surface area contributed by atoms with E-state index in [1.165, 1.54) is 0 Å². The van der Waals surface area contributed by atoms with Gasteiger partial charge in [0.2, 0.25) is 11.8 Å². The van der Waals surface area contributed by atoms with Crippen molar-refractivity contribution in [1.29, 1.82) is 0 Å². The minimum absolute atomic E-state index is 0.0168. The topological polar surface area (TPSA) is 78.5 Å². The molecule has 1 atom stereocenters. The standard InChI is InChI=1S/C23H35N3O3/c1-15(2)19(25-20(27)18-10-8-7-9-16(18)3)21(28)24-17-11-13-26(14-12-17)22(29)23(4,5)6/h7-10,15,17,19H,11-14H2,1-6H3,(H,24,28)(H,25,27). The Kier molecular flexibility index (Phi) is 7.44. The number of rotatable bonds is 5. The molecule has 2 N–H and O–H groups in total. The van der Waals surface area contributed by atoms with E-state index >= 15 is 0 Å². The highest BCUT2D eigenvalue weighted by molar-refractivity contribution is 5.98. The van der Waals surface area contributed by atoms with E-state index in [0.717, 1.165) is 18.4 Å². The molecule has 1 unspecified atom stereocenters. The zero-order chi connectivity index (χ0) is 21.8. The fourth-order valence-corrected chi connectivity index (χ4v) is 3.57. The molecule has 0 radical (unpaired) electrons. The number of hydrogen-bond acceptors (Lipinski definition) is 3. The van der Waals surface area contributed by atoms with E-state index in [0.29, 0.717) is 18.7 Å². The van der Waals surface area contributed by atoms with Crippen LogP contribution in [0, 0.1) is 18.3 Å². The third kappa shape index (κ3) is 6.05. The van der Waals surface area contributed by atoms with Crippen LogP contribution in [0.2, 0.25) is 0 Å². The van der Waals surface area contributed by atoms with Crippen LogP contribution in [0.15, 0.2) is 24.3 Å². The molecule has 6 nitrogen and oxygen atoms in total. The zero-order valence-corrected chi connectivity index (χ0v) is 18.5. The molecule has 2 rings (SSSR count). The molecule has 0 bridgehead atoms. The van der Waals surface area contributed by atoms with Crippen molar-refractivity contribution in [2.45, 2.75) is 66.5 Å². The van der Waals surface area contributed by atoms with E-state index in [9.17, 15) is 14.4 Å². The second kappa shape index (κ2) is 9.42. The van der Waals surface area contributed by atoms with Crippen LogP contribution >= 0.6 is 0 Å². The normalized spacial score (nSPS) is 16.4. The summed E-state index contributed by atoms with van der Waals surface area (Å²) in [4.78, 5) is 39.8. The van der Waals surface area contributed by atoms with Gasteiger partial charge in [0, 0.05) is 30.1 Å². The van der Waals surface area contributed by atoms with Gasteiger partial charge in [-0.1, -0.05) is 52.8 Å². The first kappa shape index (κ1) is 22.9. The van der Waals surface area contributed by atoms with Crippen LogP contribution in [-0.2, 0) is 9.59 Å². The molecule has 6 heteroatoms. The molecule has 0 spiro atoms. The number of amides is 3. The Morgan fingerprint density at radius 1 is 1.07 bits per heavy atom. The van der Waals surface area contributed by atoms with Gasteiger partial charge < -0.3 is 15.5 Å². The predicted octanol–water partition coefficient (Wildman–Crippen LogP) is 2.90. The maximum Gasteiger partial charge on any atom is 0.252 e. The van der Waals surface area contributed by atoms with Crippen LogP contribution in [-0.4, -0.2) is 47.8 Å². The molecule has 1 aliphatic rings. The SMILES string of the molecule is Cc1ccccc1C(=O)NC(C(=O)NC1CCN(C(=O)C(C)(C)C)CC1)C(C)C. The van der Waals surface area contributed by atoms with Gasteiger partial charge in [0.1, 0.15) is 6.04 Å². The highest BCUT2D eigenvalue weighted by Crippen LogP contribution is 2.21. The lowest BCUT2D eigenvalue weighted by Gasteiger charge is -2.36. The van der Waals surface area contributed by atoms with Gasteiger partial charge in [-0.25, -0.2) is 0 Å². The lowest BCUT2D eigenvalue weighted by Crippen LogP contribution is -2.55. The van der Waals surface area contributed by atoms with Gasteiger partial charge in [-0.15, -0.1) is 0 Å². The molecule has 0 saturated carbocycles. The second-order valence-corrected chi connectivity index (χ2v) is 9.34. The molecule has 1 saturated heterocycles. The number of carbonyl (C=O) groups excluding carboxylic acids is 3. The van der Waals surface area contributed by atoms with Gasteiger partial charge in [0.15, 0.2) is 0 Å². The molecule has 1 heterocycles. The van der Waals surface area contributed by atoms with Crippen molar-refractivity contribution < 1.29 is 14.4 Å². The van der Waals surface area contributed by atoms with E-state index in [1.807, 2.05) is 64.6 Å². The first-order valence-electron chi connectivity index (χ1n) is 10.5. The van der Waals surface area contributed by atoms with Crippen molar-refractivity contribution in [1.82, 2.24) is 15.5 Å². The van der Waals surface area contributed by atoms with Crippen molar-refractivity contribution in [2.24, 2.45) is 11.3 Å². The van der Waals surface area contributed by atoms with Crippen molar-refractivity contribution in [2.75, 3.05) is 13.1 Å². The fraction of sp³-hybridized carbons (Fsp3) is 0.609. The number of carbonyl (C=O) groups is 3. The summed E-state index contributed by atoms with van der Waals surface area (Å²) in [6.07, 6.45) is 1.45. The van der Waals surface area contributed by atoms with Crippen LogP contribution < -0.4 is 10.6 Å². The Labute approximate surface area is 174 Å². The van der Waals surface area contributed by atoms with Crippen molar-refractivity contribution in [3.05, 3.63) is 35.4 Å². The van der Waals surface area contributed by atoms with Crippen molar-refractivity contribution >= 4 is 17.7 Å². The summed E-state index contributed by atoms with van der Waals surface area (Å²) >= 11 is 0. The Bertz CT molecular complexity index is 744.